The number of aromatic nitrogens is 2. The van der Waals surface area contributed by atoms with E-state index in [1.807, 2.05) is 0 Å². The van der Waals surface area contributed by atoms with Gasteiger partial charge in [-0.15, -0.1) is 0 Å². The largest absolute Gasteiger partial charge is 0.295 e. The highest BCUT2D eigenvalue weighted by Crippen LogP contribution is 2.10. The molecule has 3 heteroatoms. The lowest BCUT2D eigenvalue weighted by Gasteiger charge is -2.09. The molecular formula is C12H14N2O. The Balaban J connectivity index is 2.24. The molecule has 1 aliphatic rings. The van der Waals surface area contributed by atoms with Crippen LogP contribution in [0.1, 0.15) is 18.4 Å². The first-order valence-electron chi connectivity index (χ1n) is 5.14. The van der Waals surface area contributed by atoms with Crippen molar-refractivity contribution in [3.8, 4) is 0 Å². The van der Waals surface area contributed by atoms with Crippen LogP contribution in [0, 0.1) is 6.92 Å². The van der Waals surface area contributed by atoms with Crippen LogP contribution in [0.5, 0.6) is 0 Å². The Morgan fingerprint density at radius 1 is 1.47 bits per heavy atom. The van der Waals surface area contributed by atoms with Gasteiger partial charge in [0.2, 0.25) is 0 Å². The minimum Gasteiger partial charge on any atom is -0.295 e. The standard InChI is InChI=1S/C12H14N2O/c1-10-7-13-9-14(12(10)15)8-11-5-3-2-4-6-11/h3,5-7,9H,2,4,8H2,1H3. The Morgan fingerprint density at radius 3 is 3.07 bits per heavy atom. The van der Waals surface area contributed by atoms with E-state index in [9.17, 15) is 4.79 Å². The van der Waals surface area contributed by atoms with Crippen LogP contribution in [-0.4, -0.2) is 9.55 Å². The average molecular weight is 202 g/mol. The first-order chi connectivity index (χ1) is 7.27. The fourth-order valence-electron chi connectivity index (χ4n) is 1.65. The van der Waals surface area contributed by atoms with Crippen molar-refractivity contribution in [2.24, 2.45) is 0 Å². The van der Waals surface area contributed by atoms with E-state index in [1.54, 1.807) is 24.0 Å². The van der Waals surface area contributed by atoms with Crippen LogP contribution in [0.15, 0.2) is 41.1 Å². The molecule has 1 aromatic heterocycles. The van der Waals surface area contributed by atoms with Crippen molar-refractivity contribution in [2.75, 3.05) is 0 Å². The molecule has 0 saturated carbocycles. The van der Waals surface area contributed by atoms with E-state index in [2.05, 4.69) is 23.2 Å². The van der Waals surface area contributed by atoms with E-state index in [0.29, 0.717) is 12.1 Å². The van der Waals surface area contributed by atoms with Gasteiger partial charge in [0.15, 0.2) is 0 Å². The average Bonchev–Trinajstić information content (AvgIpc) is 2.26. The number of hydrogen-bond acceptors (Lipinski definition) is 2. The molecule has 1 aliphatic carbocycles. The SMILES string of the molecule is Cc1cncn(CC2=CCCC=C2)c1=O. The minimum absolute atomic E-state index is 0.0462. The van der Waals surface area contributed by atoms with E-state index in [-0.39, 0.29) is 5.56 Å². The molecule has 0 unspecified atom stereocenters. The van der Waals surface area contributed by atoms with Gasteiger partial charge in [0.25, 0.3) is 5.56 Å². The normalized spacial score (nSPS) is 15.1. The molecule has 78 valence electrons. The maximum atomic E-state index is 11.7. The molecule has 3 nitrogen and oxygen atoms in total. The zero-order chi connectivity index (χ0) is 10.7. The lowest BCUT2D eigenvalue weighted by molar-refractivity contribution is 0.721. The van der Waals surface area contributed by atoms with E-state index >= 15 is 0 Å². The number of hydrogen-bond donors (Lipinski definition) is 0. The second-order valence-electron chi connectivity index (χ2n) is 3.77. The smallest absolute Gasteiger partial charge is 0.256 e. The Kier molecular flexibility index (Phi) is 2.81. The Hall–Kier alpha value is -1.64. The molecule has 0 amide bonds. The van der Waals surface area contributed by atoms with Gasteiger partial charge < -0.3 is 0 Å². The summed E-state index contributed by atoms with van der Waals surface area (Å²) in [5.74, 6) is 0. The maximum absolute atomic E-state index is 11.7. The summed E-state index contributed by atoms with van der Waals surface area (Å²) in [4.78, 5) is 15.7. The van der Waals surface area contributed by atoms with Gasteiger partial charge in [-0.2, -0.15) is 0 Å². The highest BCUT2D eigenvalue weighted by Gasteiger charge is 2.02. The zero-order valence-corrected chi connectivity index (χ0v) is 8.81. The molecule has 15 heavy (non-hydrogen) atoms. The monoisotopic (exact) mass is 202 g/mol. The van der Waals surface area contributed by atoms with Crippen molar-refractivity contribution in [1.82, 2.24) is 9.55 Å². The first-order valence-corrected chi connectivity index (χ1v) is 5.14. The van der Waals surface area contributed by atoms with E-state index < -0.39 is 0 Å². The van der Waals surface area contributed by atoms with E-state index in [0.717, 1.165) is 12.8 Å². The second kappa shape index (κ2) is 4.26. The fraction of sp³-hybridized carbons (Fsp3) is 0.333. The number of nitrogens with zero attached hydrogens (tertiary/aromatic N) is 2. The van der Waals surface area contributed by atoms with Gasteiger partial charge in [-0.3, -0.25) is 9.36 Å². The zero-order valence-electron chi connectivity index (χ0n) is 8.81. The van der Waals surface area contributed by atoms with E-state index in [1.165, 1.54) is 5.57 Å². The predicted molar refractivity (Wildman–Crippen MR) is 59.7 cm³/mol. The lowest BCUT2D eigenvalue weighted by atomic mass is 10.1. The third kappa shape index (κ3) is 2.24. The molecule has 0 aromatic carbocycles. The highest BCUT2D eigenvalue weighted by atomic mass is 16.1. The lowest BCUT2D eigenvalue weighted by Crippen LogP contribution is -2.22. The summed E-state index contributed by atoms with van der Waals surface area (Å²) in [6.07, 6.45) is 11.8. The summed E-state index contributed by atoms with van der Waals surface area (Å²) in [7, 11) is 0. The molecule has 0 N–H and O–H groups in total. The number of aryl methyl sites for hydroxylation is 1. The molecule has 0 saturated heterocycles. The van der Waals surface area contributed by atoms with Crippen molar-refractivity contribution in [3.63, 3.8) is 0 Å². The summed E-state index contributed by atoms with van der Waals surface area (Å²) in [5.41, 5.74) is 1.93. The third-order valence-electron chi connectivity index (χ3n) is 2.50. The Morgan fingerprint density at radius 2 is 2.33 bits per heavy atom. The van der Waals surface area contributed by atoms with Crippen molar-refractivity contribution >= 4 is 0 Å². The van der Waals surface area contributed by atoms with Crippen LogP contribution < -0.4 is 5.56 Å². The first kappa shape index (κ1) is 9.90. The molecule has 0 radical (unpaired) electrons. The molecule has 0 atom stereocenters. The topological polar surface area (TPSA) is 34.9 Å². The molecule has 1 aromatic rings. The molecular weight excluding hydrogens is 188 g/mol. The van der Waals surface area contributed by atoms with Gasteiger partial charge in [0.05, 0.1) is 12.9 Å². The second-order valence-corrected chi connectivity index (χ2v) is 3.77. The summed E-state index contributed by atoms with van der Waals surface area (Å²) in [6.45, 7) is 2.42. The van der Waals surface area contributed by atoms with Gasteiger partial charge in [-0.1, -0.05) is 18.2 Å². The quantitative estimate of drug-likeness (QED) is 0.733. The number of allylic oxidation sites excluding steroid dienone is 4. The molecule has 0 fully saturated rings. The number of rotatable bonds is 2. The van der Waals surface area contributed by atoms with Gasteiger partial charge >= 0.3 is 0 Å². The van der Waals surface area contributed by atoms with Crippen LogP contribution in [0.25, 0.3) is 0 Å². The minimum atomic E-state index is 0.0462. The third-order valence-corrected chi connectivity index (χ3v) is 2.50. The van der Waals surface area contributed by atoms with Gasteiger partial charge in [0.1, 0.15) is 0 Å². The van der Waals surface area contributed by atoms with Crippen molar-refractivity contribution < 1.29 is 0 Å². The summed E-state index contributed by atoms with van der Waals surface area (Å²) in [6, 6.07) is 0. The highest BCUT2D eigenvalue weighted by molar-refractivity contribution is 5.22. The van der Waals surface area contributed by atoms with Crippen LogP contribution in [-0.2, 0) is 6.54 Å². The Labute approximate surface area is 88.8 Å². The molecule has 2 rings (SSSR count). The van der Waals surface area contributed by atoms with Gasteiger partial charge in [0, 0.05) is 11.8 Å². The molecule has 0 bridgehead atoms. The van der Waals surface area contributed by atoms with Crippen molar-refractivity contribution in [3.05, 3.63) is 52.2 Å². The van der Waals surface area contributed by atoms with Crippen molar-refractivity contribution in [2.45, 2.75) is 26.3 Å². The summed E-state index contributed by atoms with van der Waals surface area (Å²) in [5, 5.41) is 0. The Bertz CT molecular complexity index is 469. The predicted octanol–water partition coefficient (Wildman–Crippen LogP) is 1.83. The molecule has 0 aliphatic heterocycles. The fourth-order valence-corrected chi connectivity index (χ4v) is 1.65. The van der Waals surface area contributed by atoms with E-state index in [4.69, 9.17) is 0 Å². The van der Waals surface area contributed by atoms with Crippen molar-refractivity contribution in [1.29, 1.82) is 0 Å². The van der Waals surface area contributed by atoms with Crippen LogP contribution >= 0.6 is 0 Å². The molecule has 0 spiro atoms. The van der Waals surface area contributed by atoms with Gasteiger partial charge in [-0.25, -0.2) is 4.98 Å². The van der Waals surface area contributed by atoms with Crippen LogP contribution in [0.3, 0.4) is 0 Å². The summed E-state index contributed by atoms with van der Waals surface area (Å²) >= 11 is 0. The van der Waals surface area contributed by atoms with Crippen LogP contribution in [0.4, 0.5) is 0 Å². The van der Waals surface area contributed by atoms with Gasteiger partial charge in [-0.05, 0) is 25.3 Å². The maximum Gasteiger partial charge on any atom is 0.256 e. The van der Waals surface area contributed by atoms with Crippen LogP contribution in [0.2, 0.25) is 0 Å². The summed E-state index contributed by atoms with van der Waals surface area (Å²) < 4.78 is 1.65. The molecule has 1 heterocycles.